The molecule has 0 spiro atoms. The summed E-state index contributed by atoms with van der Waals surface area (Å²) in [4.78, 5) is 11.4. The molecule has 0 aromatic heterocycles. The first-order valence-corrected chi connectivity index (χ1v) is 5.42. The van der Waals surface area contributed by atoms with Crippen molar-refractivity contribution in [1.29, 1.82) is 0 Å². The first kappa shape index (κ1) is 14.2. The van der Waals surface area contributed by atoms with E-state index in [1.807, 2.05) is 0 Å². The van der Waals surface area contributed by atoms with E-state index in [1.54, 1.807) is 13.8 Å². The lowest BCUT2D eigenvalue weighted by Gasteiger charge is -2.41. The Morgan fingerprint density at radius 2 is 1.88 bits per heavy atom. The number of hydrogen-bond donors (Lipinski definition) is 2. The maximum Gasteiger partial charge on any atom is 0.401 e. The van der Waals surface area contributed by atoms with Gasteiger partial charge in [0.2, 0.25) is 5.91 Å². The van der Waals surface area contributed by atoms with Crippen molar-refractivity contribution in [1.82, 2.24) is 5.32 Å². The van der Waals surface area contributed by atoms with Crippen molar-refractivity contribution in [3.8, 4) is 0 Å². The van der Waals surface area contributed by atoms with Crippen LogP contribution in [-0.4, -0.2) is 36.4 Å². The fourth-order valence-electron chi connectivity index (χ4n) is 2.26. The Morgan fingerprint density at radius 3 is 2.24 bits per heavy atom. The molecule has 1 saturated heterocycles. The Labute approximate surface area is 97.7 Å². The molecule has 1 heterocycles. The lowest BCUT2D eigenvalue weighted by Crippen LogP contribution is -2.62. The standard InChI is InChI=1S/C10H17F3N2O2/c1-6-3-9(8(14)16,4-7(2)17-6)15-5-10(11,12)13/h6-7,15H,3-5H2,1-2H3,(H2,14,16). The lowest BCUT2D eigenvalue weighted by molar-refractivity contribution is -0.148. The van der Waals surface area contributed by atoms with Crippen molar-refractivity contribution in [2.75, 3.05) is 6.54 Å². The van der Waals surface area contributed by atoms with E-state index in [1.165, 1.54) is 0 Å². The summed E-state index contributed by atoms with van der Waals surface area (Å²) in [5.74, 6) is -0.760. The first-order valence-electron chi connectivity index (χ1n) is 5.42. The van der Waals surface area contributed by atoms with Gasteiger partial charge in [0.1, 0.15) is 5.54 Å². The molecule has 1 aliphatic rings. The molecule has 0 aliphatic carbocycles. The van der Waals surface area contributed by atoms with E-state index in [0.29, 0.717) is 0 Å². The Hall–Kier alpha value is -0.820. The molecule has 1 rings (SSSR count). The first-order chi connectivity index (χ1) is 7.65. The Bertz CT molecular complexity index is 284. The van der Waals surface area contributed by atoms with Gasteiger partial charge in [-0.15, -0.1) is 0 Å². The number of hydrogen-bond acceptors (Lipinski definition) is 3. The Morgan fingerprint density at radius 1 is 1.41 bits per heavy atom. The number of rotatable bonds is 3. The van der Waals surface area contributed by atoms with Crippen molar-refractivity contribution in [2.45, 2.75) is 50.6 Å². The normalized spacial score (nSPS) is 34.6. The summed E-state index contributed by atoms with van der Waals surface area (Å²) in [5, 5.41) is 2.26. The van der Waals surface area contributed by atoms with Gasteiger partial charge in [-0.1, -0.05) is 0 Å². The molecule has 17 heavy (non-hydrogen) atoms. The molecule has 100 valence electrons. The number of nitrogens with two attached hydrogens (primary N) is 1. The van der Waals surface area contributed by atoms with Crippen LogP contribution in [0.25, 0.3) is 0 Å². The van der Waals surface area contributed by atoms with E-state index in [4.69, 9.17) is 10.5 Å². The lowest BCUT2D eigenvalue weighted by atomic mass is 9.83. The SMILES string of the molecule is CC1CC(NCC(F)(F)F)(C(N)=O)CC(C)O1. The summed E-state index contributed by atoms with van der Waals surface area (Å²) in [6.07, 6.45) is -4.65. The molecule has 0 aromatic rings. The summed E-state index contributed by atoms with van der Waals surface area (Å²) >= 11 is 0. The van der Waals surface area contributed by atoms with E-state index in [2.05, 4.69) is 5.32 Å². The van der Waals surface area contributed by atoms with E-state index >= 15 is 0 Å². The minimum absolute atomic E-state index is 0.156. The number of carbonyl (C=O) groups is 1. The number of amides is 1. The second-order valence-electron chi connectivity index (χ2n) is 4.58. The van der Waals surface area contributed by atoms with Crippen LogP contribution < -0.4 is 11.1 Å². The van der Waals surface area contributed by atoms with Crippen LogP contribution in [0.4, 0.5) is 13.2 Å². The minimum Gasteiger partial charge on any atom is -0.375 e. The van der Waals surface area contributed by atoms with Gasteiger partial charge in [-0.2, -0.15) is 13.2 Å². The summed E-state index contributed by atoms with van der Waals surface area (Å²) in [5.41, 5.74) is 3.90. The van der Waals surface area contributed by atoms with Crippen molar-refractivity contribution >= 4 is 5.91 Å². The number of alkyl halides is 3. The van der Waals surface area contributed by atoms with Gasteiger partial charge >= 0.3 is 6.18 Å². The fraction of sp³-hybridized carbons (Fsp3) is 0.900. The van der Waals surface area contributed by atoms with E-state index in [9.17, 15) is 18.0 Å². The molecule has 0 aromatic carbocycles. The highest BCUT2D eigenvalue weighted by Crippen LogP contribution is 2.29. The quantitative estimate of drug-likeness (QED) is 0.788. The third-order valence-electron chi connectivity index (χ3n) is 2.84. The zero-order valence-electron chi connectivity index (χ0n) is 9.80. The van der Waals surface area contributed by atoms with Crippen LogP contribution in [0.3, 0.4) is 0 Å². The minimum atomic E-state index is -4.37. The van der Waals surface area contributed by atoms with Gasteiger partial charge in [-0.05, 0) is 13.8 Å². The maximum absolute atomic E-state index is 12.2. The monoisotopic (exact) mass is 254 g/mol. The molecule has 1 fully saturated rings. The van der Waals surface area contributed by atoms with E-state index < -0.39 is 24.2 Å². The molecule has 1 aliphatic heterocycles. The van der Waals surface area contributed by atoms with Gasteiger partial charge in [0.05, 0.1) is 18.8 Å². The second kappa shape index (κ2) is 4.81. The molecular weight excluding hydrogens is 237 g/mol. The molecule has 0 bridgehead atoms. The molecule has 1 amide bonds. The number of ether oxygens (including phenoxy) is 1. The summed E-state index contributed by atoms with van der Waals surface area (Å²) in [7, 11) is 0. The van der Waals surface area contributed by atoms with Crippen molar-refractivity contribution in [3.63, 3.8) is 0 Å². The number of primary amides is 1. The van der Waals surface area contributed by atoms with Gasteiger partial charge < -0.3 is 10.5 Å². The van der Waals surface area contributed by atoms with E-state index in [0.717, 1.165) is 0 Å². The molecular formula is C10H17F3N2O2. The van der Waals surface area contributed by atoms with Crippen LogP contribution in [0.5, 0.6) is 0 Å². The largest absolute Gasteiger partial charge is 0.401 e. The fourth-order valence-corrected chi connectivity index (χ4v) is 2.26. The van der Waals surface area contributed by atoms with Crippen molar-refractivity contribution < 1.29 is 22.7 Å². The molecule has 0 radical (unpaired) electrons. The van der Waals surface area contributed by atoms with E-state index in [-0.39, 0.29) is 25.0 Å². The van der Waals surface area contributed by atoms with Crippen LogP contribution in [0.15, 0.2) is 0 Å². The van der Waals surface area contributed by atoms with Gasteiger partial charge in [0.15, 0.2) is 0 Å². The highest BCUT2D eigenvalue weighted by atomic mass is 19.4. The average Bonchev–Trinajstić information content (AvgIpc) is 2.11. The number of nitrogens with one attached hydrogen (secondary N) is 1. The Kier molecular flexibility index (Phi) is 4.03. The molecule has 7 heteroatoms. The smallest absolute Gasteiger partial charge is 0.375 e. The molecule has 2 atom stereocenters. The number of carbonyl (C=O) groups excluding carboxylic acids is 1. The van der Waals surface area contributed by atoms with Gasteiger partial charge in [0.25, 0.3) is 0 Å². The van der Waals surface area contributed by atoms with Crippen molar-refractivity contribution in [3.05, 3.63) is 0 Å². The average molecular weight is 254 g/mol. The molecule has 3 N–H and O–H groups in total. The predicted molar refractivity (Wildman–Crippen MR) is 55.2 cm³/mol. The third kappa shape index (κ3) is 3.85. The molecule has 2 unspecified atom stereocenters. The summed E-state index contributed by atoms with van der Waals surface area (Å²) in [6, 6.07) is 0. The highest BCUT2D eigenvalue weighted by molar-refractivity contribution is 5.85. The van der Waals surface area contributed by atoms with Crippen molar-refractivity contribution in [2.24, 2.45) is 5.73 Å². The third-order valence-corrected chi connectivity index (χ3v) is 2.84. The topological polar surface area (TPSA) is 64.3 Å². The Balaban J connectivity index is 2.78. The summed E-state index contributed by atoms with van der Waals surface area (Å²) in [6.45, 7) is 2.20. The molecule has 4 nitrogen and oxygen atoms in total. The van der Waals surface area contributed by atoms with Gasteiger partial charge in [0, 0.05) is 12.8 Å². The van der Waals surface area contributed by atoms with Gasteiger partial charge in [-0.3, -0.25) is 10.1 Å². The maximum atomic E-state index is 12.2. The highest BCUT2D eigenvalue weighted by Gasteiger charge is 2.45. The predicted octanol–water partition coefficient (Wildman–Crippen LogP) is 0.950. The van der Waals surface area contributed by atoms with Crippen LogP contribution >= 0.6 is 0 Å². The van der Waals surface area contributed by atoms with Crippen LogP contribution in [0.1, 0.15) is 26.7 Å². The number of halogens is 3. The van der Waals surface area contributed by atoms with Gasteiger partial charge in [-0.25, -0.2) is 0 Å². The zero-order valence-corrected chi connectivity index (χ0v) is 9.80. The van der Waals surface area contributed by atoms with Crippen LogP contribution in [0.2, 0.25) is 0 Å². The molecule has 0 saturated carbocycles. The van der Waals surface area contributed by atoms with Crippen LogP contribution in [-0.2, 0) is 9.53 Å². The second-order valence-corrected chi connectivity index (χ2v) is 4.58. The zero-order chi connectivity index (χ0) is 13.3. The summed E-state index contributed by atoms with van der Waals surface area (Å²) < 4.78 is 42.0. The van der Waals surface area contributed by atoms with Crippen LogP contribution in [0, 0.1) is 0 Å².